The van der Waals surface area contributed by atoms with Gasteiger partial charge in [0.1, 0.15) is 13.2 Å². The molecule has 0 amide bonds. The number of esters is 2. The van der Waals surface area contributed by atoms with Crippen molar-refractivity contribution < 1.29 is 23.5 Å². The Bertz CT molecular complexity index is 281. The molecule has 0 atom stereocenters. The predicted molar refractivity (Wildman–Crippen MR) is 51.5 cm³/mol. The molecule has 0 fully saturated rings. The Morgan fingerprint density at radius 2 is 1.67 bits per heavy atom. The van der Waals surface area contributed by atoms with Gasteiger partial charge in [-0.05, 0) is 6.08 Å². The van der Waals surface area contributed by atoms with E-state index in [9.17, 15) is 14.0 Å². The summed E-state index contributed by atoms with van der Waals surface area (Å²) in [5.41, 5.74) is 0. The number of rotatable bonds is 6. The summed E-state index contributed by atoms with van der Waals surface area (Å²) in [4.78, 5) is 21.6. The summed E-state index contributed by atoms with van der Waals surface area (Å²) in [7, 11) is 0. The van der Waals surface area contributed by atoms with Crippen LogP contribution in [-0.2, 0) is 19.1 Å². The van der Waals surface area contributed by atoms with Gasteiger partial charge in [0.25, 0.3) is 0 Å². The van der Waals surface area contributed by atoms with Crippen molar-refractivity contribution in [3.63, 3.8) is 0 Å². The molecule has 0 saturated heterocycles. The molecule has 0 aromatic heterocycles. The van der Waals surface area contributed by atoms with Crippen LogP contribution in [0.4, 0.5) is 4.39 Å². The molecule has 0 aliphatic carbocycles. The molecule has 0 N–H and O–H groups in total. The Hall–Kier alpha value is -1.91. The second-order valence-electron chi connectivity index (χ2n) is 2.24. The third-order valence-corrected chi connectivity index (χ3v) is 1.11. The number of halogens is 1. The van der Waals surface area contributed by atoms with Gasteiger partial charge in [0.2, 0.25) is 0 Å². The highest BCUT2D eigenvalue weighted by molar-refractivity contribution is 5.91. The maximum Gasteiger partial charge on any atom is 0.331 e. The third kappa shape index (κ3) is 8.42. The van der Waals surface area contributed by atoms with Crippen molar-refractivity contribution in [1.29, 1.82) is 0 Å². The fourth-order valence-corrected chi connectivity index (χ4v) is 0.540. The Balaban J connectivity index is 3.78. The second-order valence-corrected chi connectivity index (χ2v) is 2.24. The van der Waals surface area contributed by atoms with E-state index in [-0.39, 0.29) is 19.5 Å². The number of hydrogen-bond acceptors (Lipinski definition) is 4. The fraction of sp³-hybridized carbons (Fsp3) is 0.200. The van der Waals surface area contributed by atoms with Gasteiger partial charge in [-0.2, -0.15) is 0 Å². The molecular weight excluding hydrogens is 203 g/mol. The van der Waals surface area contributed by atoms with E-state index < -0.39 is 11.9 Å². The van der Waals surface area contributed by atoms with Crippen LogP contribution in [0.3, 0.4) is 0 Å². The van der Waals surface area contributed by atoms with E-state index in [0.717, 1.165) is 18.2 Å². The summed E-state index contributed by atoms with van der Waals surface area (Å²) in [6.07, 6.45) is 4.50. The van der Waals surface area contributed by atoms with E-state index in [1.165, 1.54) is 6.08 Å². The van der Waals surface area contributed by atoms with Crippen LogP contribution in [-0.4, -0.2) is 25.2 Å². The number of ether oxygens (including phenoxy) is 2. The van der Waals surface area contributed by atoms with Crippen molar-refractivity contribution in [2.45, 2.75) is 0 Å². The largest absolute Gasteiger partial charge is 0.458 e. The van der Waals surface area contributed by atoms with E-state index in [4.69, 9.17) is 0 Å². The maximum atomic E-state index is 11.4. The number of hydrogen-bond donors (Lipinski definition) is 0. The monoisotopic (exact) mass is 214 g/mol. The van der Waals surface area contributed by atoms with Gasteiger partial charge in [-0.25, -0.2) is 14.0 Å². The topological polar surface area (TPSA) is 52.6 Å². The highest BCUT2D eigenvalue weighted by Gasteiger charge is 1.98. The van der Waals surface area contributed by atoms with Gasteiger partial charge in [0.05, 0.1) is 6.33 Å². The first kappa shape index (κ1) is 13.1. The summed E-state index contributed by atoms with van der Waals surface area (Å²) in [5, 5.41) is 0. The molecule has 82 valence electrons. The average molecular weight is 214 g/mol. The predicted octanol–water partition coefficient (Wildman–Crippen LogP) is 1.30. The zero-order valence-electron chi connectivity index (χ0n) is 8.02. The van der Waals surface area contributed by atoms with E-state index in [2.05, 4.69) is 16.1 Å². The number of carbonyl (C=O) groups is 2. The lowest BCUT2D eigenvalue weighted by molar-refractivity contribution is -0.139. The van der Waals surface area contributed by atoms with Crippen LogP contribution < -0.4 is 0 Å². The molecule has 0 aromatic carbocycles. The van der Waals surface area contributed by atoms with E-state index in [1.54, 1.807) is 0 Å². The summed E-state index contributed by atoms with van der Waals surface area (Å²) in [5.74, 6) is -1.42. The first-order chi connectivity index (χ1) is 7.20. The van der Waals surface area contributed by atoms with Gasteiger partial charge in [0.15, 0.2) is 0 Å². The second kappa shape index (κ2) is 8.68. The minimum absolute atomic E-state index is 0.0722. The SMILES string of the molecule is C=CCOC(=O)C=CC(=O)OCC=CF. The van der Waals surface area contributed by atoms with Crippen LogP contribution in [0.25, 0.3) is 0 Å². The zero-order chi connectivity index (χ0) is 11.5. The minimum atomic E-state index is -0.747. The summed E-state index contributed by atoms with van der Waals surface area (Å²) >= 11 is 0. The lowest BCUT2D eigenvalue weighted by Crippen LogP contribution is -2.04. The van der Waals surface area contributed by atoms with Crippen LogP contribution >= 0.6 is 0 Å². The molecule has 0 spiro atoms. The van der Waals surface area contributed by atoms with Gasteiger partial charge in [-0.15, -0.1) is 0 Å². The highest BCUT2D eigenvalue weighted by Crippen LogP contribution is 1.86. The smallest absolute Gasteiger partial charge is 0.331 e. The first-order valence-electron chi connectivity index (χ1n) is 4.08. The number of carbonyl (C=O) groups excluding carboxylic acids is 2. The van der Waals surface area contributed by atoms with Crippen LogP contribution in [0.5, 0.6) is 0 Å². The molecule has 0 saturated carbocycles. The molecule has 0 rings (SSSR count). The summed E-state index contributed by atoms with van der Waals surface area (Å²) in [6, 6.07) is 0. The molecule has 15 heavy (non-hydrogen) atoms. The Labute approximate surface area is 86.7 Å². The normalized spacial score (nSPS) is 10.5. The van der Waals surface area contributed by atoms with Crippen LogP contribution in [0.2, 0.25) is 0 Å². The average Bonchev–Trinajstić information content (AvgIpc) is 2.24. The Morgan fingerprint density at radius 3 is 2.13 bits per heavy atom. The standard InChI is InChI=1S/C10H11FO4/c1-2-7-14-9(12)4-5-10(13)15-8-3-6-11/h2-6H,1,7-8H2. The van der Waals surface area contributed by atoms with Gasteiger partial charge < -0.3 is 9.47 Å². The molecule has 0 radical (unpaired) electrons. The maximum absolute atomic E-state index is 11.4. The minimum Gasteiger partial charge on any atom is -0.458 e. The molecule has 4 nitrogen and oxygen atoms in total. The van der Waals surface area contributed by atoms with Gasteiger partial charge in [-0.3, -0.25) is 0 Å². The zero-order valence-corrected chi connectivity index (χ0v) is 8.02. The lowest BCUT2D eigenvalue weighted by Gasteiger charge is -1.96. The van der Waals surface area contributed by atoms with E-state index in [1.807, 2.05) is 0 Å². The van der Waals surface area contributed by atoms with Crippen LogP contribution in [0.15, 0.2) is 37.2 Å². The highest BCUT2D eigenvalue weighted by atomic mass is 19.1. The van der Waals surface area contributed by atoms with E-state index in [0.29, 0.717) is 0 Å². The van der Waals surface area contributed by atoms with Crippen LogP contribution in [0.1, 0.15) is 0 Å². The molecular formula is C10H11FO4. The molecule has 5 heteroatoms. The fourth-order valence-electron chi connectivity index (χ4n) is 0.540. The first-order valence-corrected chi connectivity index (χ1v) is 4.08. The van der Waals surface area contributed by atoms with E-state index >= 15 is 0 Å². The quantitative estimate of drug-likeness (QED) is 0.380. The molecule has 0 bridgehead atoms. The Morgan fingerprint density at radius 1 is 1.13 bits per heavy atom. The van der Waals surface area contributed by atoms with Gasteiger partial charge in [-0.1, -0.05) is 12.7 Å². The Kier molecular flexibility index (Phi) is 7.57. The summed E-state index contributed by atoms with van der Waals surface area (Å²) in [6.45, 7) is 3.23. The molecule has 0 unspecified atom stereocenters. The van der Waals surface area contributed by atoms with Crippen molar-refractivity contribution >= 4 is 11.9 Å². The van der Waals surface area contributed by atoms with Crippen LogP contribution in [0, 0.1) is 0 Å². The van der Waals surface area contributed by atoms with Gasteiger partial charge >= 0.3 is 11.9 Å². The lowest BCUT2D eigenvalue weighted by atomic mass is 10.5. The molecule has 0 aromatic rings. The van der Waals surface area contributed by atoms with Crippen molar-refractivity contribution in [3.05, 3.63) is 37.2 Å². The molecule has 0 aliphatic rings. The summed E-state index contributed by atoms with van der Waals surface area (Å²) < 4.78 is 20.4. The van der Waals surface area contributed by atoms with Gasteiger partial charge in [0, 0.05) is 12.2 Å². The third-order valence-electron chi connectivity index (χ3n) is 1.11. The molecule has 0 aliphatic heterocycles. The van der Waals surface area contributed by atoms with Crippen molar-refractivity contribution in [2.24, 2.45) is 0 Å². The molecule has 0 heterocycles. The van der Waals surface area contributed by atoms with Crippen molar-refractivity contribution in [1.82, 2.24) is 0 Å². The van der Waals surface area contributed by atoms with Crippen molar-refractivity contribution in [3.8, 4) is 0 Å². The van der Waals surface area contributed by atoms with Crippen molar-refractivity contribution in [2.75, 3.05) is 13.2 Å².